The van der Waals surface area contributed by atoms with Crippen LogP contribution >= 0.6 is 0 Å². The summed E-state index contributed by atoms with van der Waals surface area (Å²) in [6.07, 6.45) is 0. The number of hydrogen-bond donors (Lipinski definition) is 1. The highest BCUT2D eigenvalue weighted by atomic mass is 16.1. The van der Waals surface area contributed by atoms with Gasteiger partial charge in [0.15, 0.2) is 5.52 Å². The summed E-state index contributed by atoms with van der Waals surface area (Å²) in [7, 11) is 0. The second-order valence-electron chi connectivity index (χ2n) is 7.02. The van der Waals surface area contributed by atoms with Crippen molar-refractivity contribution in [1.82, 2.24) is 24.4 Å². The largest absolute Gasteiger partial charge is 0.396 e. The van der Waals surface area contributed by atoms with Crippen molar-refractivity contribution < 1.29 is 0 Å². The Bertz CT molecular complexity index is 1340. The first kappa shape index (κ1) is 20.2. The molecule has 31 heavy (non-hydrogen) atoms. The lowest BCUT2D eigenvalue weighted by atomic mass is 10.1. The molecule has 2 aromatic heterocycles. The van der Waals surface area contributed by atoms with E-state index in [0.717, 1.165) is 26.2 Å². The molecule has 0 spiro atoms. The number of fused-ring (bicyclic) bond motifs is 1. The molecule has 0 atom stereocenters. The number of nitrogens with one attached hydrogen (secondary N) is 1. The molecule has 1 N–H and O–H groups in total. The number of hydrogen-bond acceptors (Lipinski definition) is 6. The number of anilines is 1. The van der Waals surface area contributed by atoms with E-state index in [-0.39, 0.29) is 23.7 Å². The van der Waals surface area contributed by atoms with Crippen LogP contribution in [0.1, 0.15) is 18.1 Å². The van der Waals surface area contributed by atoms with Crippen molar-refractivity contribution in [2.45, 2.75) is 20.0 Å². The SMILES string of the molecule is [C-]#[N+]c1nc2nc(N3CCNCC3)n(CC#CC)c2c(=O)n1Cc1ccccc1C#N. The molecular weight excluding hydrogens is 392 g/mol. The van der Waals surface area contributed by atoms with Crippen molar-refractivity contribution in [2.75, 3.05) is 31.1 Å². The lowest BCUT2D eigenvalue weighted by Gasteiger charge is -2.28. The number of rotatable bonds is 4. The Morgan fingerprint density at radius 2 is 2.00 bits per heavy atom. The van der Waals surface area contributed by atoms with Gasteiger partial charge in [-0.1, -0.05) is 24.1 Å². The zero-order chi connectivity index (χ0) is 21.8. The summed E-state index contributed by atoms with van der Waals surface area (Å²) in [5.74, 6) is 6.47. The quantitative estimate of drug-likeness (QED) is 0.515. The lowest BCUT2D eigenvalue weighted by molar-refractivity contribution is 0.572. The summed E-state index contributed by atoms with van der Waals surface area (Å²) in [6, 6.07) is 9.16. The van der Waals surface area contributed by atoms with E-state index < -0.39 is 0 Å². The fraction of sp³-hybridized carbons (Fsp3) is 0.318. The van der Waals surface area contributed by atoms with Gasteiger partial charge >= 0.3 is 11.5 Å². The fourth-order valence-corrected chi connectivity index (χ4v) is 3.67. The number of aromatic nitrogens is 4. The van der Waals surface area contributed by atoms with Crippen LogP contribution in [-0.4, -0.2) is 45.3 Å². The highest BCUT2D eigenvalue weighted by molar-refractivity contribution is 5.76. The maximum atomic E-state index is 13.5. The van der Waals surface area contributed by atoms with E-state index in [2.05, 4.69) is 42.9 Å². The Hall–Kier alpha value is -4.13. The molecule has 3 aromatic rings. The number of benzene rings is 1. The van der Waals surface area contributed by atoms with Gasteiger partial charge in [-0.3, -0.25) is 9.13 Å². The maximum absolute atomic E-state index is 13.5. The average molecular weight is 412 g/mol. The van der Waals surface area contributed by atoms with Gasteiger partial charge < -0.3 is 15.1 Å². The molecule has 1 aliphatic heterocycles. The van der Waals surface area contributed by atoms with Crippen LogP contribution in [0.2, 0.25) is 0 Å². The predicted octanol–water partition coefficient (Wildman–Crippen LogP) is 1.50. The van der Waals surface area contributed by atoms with E-state index >= 15 is 0 Å². The van der Waals surface area contributed by atoms with Crippen molar-refractivity contribution in [3.8, 4) is 17.9 Å². The van der Waals surface area contributed by atoms with Gasteiger partial charge in [-0.2, -0.15) is 10.2 Å². The molecule has 9 nitrogen and oxygen atoms in total. The third-order valence-electron chi connectivity index (χ3n) is 5.20. The van der Waals surface area contributed by atoms with Crippen molar-refractivity contribution in [2.24, 2.45) is 0 Å². The first-order chi connectivity index (χ1) is 15.2. The van der Waals surface area contributed by atoms with E-state index in [4.69, 9.17) is 6.57 Å². The van der Waals surface area contributed by atoms with Gasteiger partial charge in [-0.25, -0.2) is 4.79 Å². The third kappa shape index (κ3) is 3.73. The summed E-state index contributed by atoms with van der Waals surface area (Å²) in [5.41, 5.74) is 1.30. The lowest BCUT2D eigenvalue weighted by Crippen LogP contribution is -2.44. The Labute approximate surface area is 179 Å². The van der Waals surface area contributed by atoms with Gasteiger partial charge in [0.1, 0.15) is 0 Å². The first-order valence-corrected chi connectivity index (χ1v) is 9.89. The molecule has 3 heterocycles. The minimum absolute atomic E-state index is 0.0525. The van der Waals surface area contributed by atoms with Crippen LogP contribution < -0.4 is 15.8 Å². The fourth-order valence-electron chi connectivity index (χ4n) is 3.67. The number of nitriles is 1. The van der Waals surface area contributed by atoms with Crippen LogP contribution in [-0.2, 0) is 13.1 Å². The first-order valence-electron chi connectivity index (χ1n) is 9.89. The van der Waals surface area contributed by atoms with Gasteiger partial charge in [0.25, 0.3) is 0 Å². The molecule has 0 unspecified atom stereocenters. The normalized spacial score (nSPS) is 13.3. The molecule has 0 aliphatic carbocycles. The summed E-state index contributed by atoms with van der Waals surface area (Å²) in [4.78, 5) is 28.1. The molecule has 0 radical (unpaired) electrons. The smallest absolute Gasteiger partial charge is 0.343 e. The molecular formula is C22H20N8O. The van der Waals surface area contributed by atoms with Crippen LogP contribution in [0.3, 0.4) is 0 Å². The van der Waals surface area contributed by atoms with Crippen LogP contribution in [0, 0.1) is 29.7 Å². The van der Waals surface area contributed by atoms with E-state index in [1.54, 1.807) is 35.8 Å². The zero-order valence-electron chi connectivity index (χ0n) is 17.1. The standard InChI is InChI=1S/C22H20N8O/c1-3-4-11-29-18-19(27-22(29)28-12-9-25-10-13-28)26-21(24-2)30(20(18)31)15-17-8-6-5-7-16(17)14-23/h5-8,25H,9-13,15H2,1H3. The molecule has 9 heteroatoms. The summed E-state index contributed by atoms with van der Waals surface area (Å²) in [6.45, 7) is 12.8. The minimum atomic E-state index is -0.365. The molecule has 4 rings (SSSR count). The predicted molar refractivity (Wildman–Crippen MR) is 117 cm³/mol. The molecule has 1 fully saturated rings. The third-order valence-corrected chi connectivity index (χ3v) is 5.20. The topological polar surface area (TPSA) is 96.1 Å². The molecule has 0 bridgehead atoms. The van der Waals surface area contributed by atoms with Crippen LogP contribution in [0.15, 0.2) is 29.1 Å². The molecule has 0 amide bonds. The van der Waals surface area contributed by atoms with E-state index in [9.17, 15) is 10.1 Å². The summed E-state index contributed by atoms with van der Waals surface area (Å²) in [5, 5.41) is 12.7. The van der Waals surface area contributed by atoms with Crippen molar-refractivity contribution in [3.05, 3.63) is 57.2 Å². The zero-order valence-corrected chi connectivity index (χ0v) is 17.1. The highest BCUT2D eigenvalue weighted by Crippen LogP contribution is 2.22. The second kappa shape index (κ2) is 8.71. The summed E-state index contributed by atoms with van der Waals surface area (Å²) >= 11 is 0. The van der Waals surface area contributed by atoms with Gasteiger partial charge in [0, 0.05) is 31.7 Å². The van der Waals surface area contributed by atoms with Crippen molar-refractivity contribution >= 4 is 23.1 Å². The molecule has 0 saturated carbocycles. The molecule has 1 aliphatic rings. The van der Waals surface area contributed by atoms with Crippen molar-refractivity contribution in [3.63, 3.8) is 0 Å². The Balaban J connectivity index is 1.92. The van der Waals surface area contributed by atoms with Gasteiger partial charge in [0.05, 0.1) is 24.7 Å². The van der Waals surface area contributed by atoms with Crippen LogP contribution in [0.5, 0.6) is 0 Å². The van der Waals surface area contributed by atoms with Gasteiger partial charge in [-0.05, 0) is 13.0 Å². The van der Waals surface area contributed by atoms with Crippen LogP contribution in [0.25, 0.3) is 16.0 Å². The monoisotopic (exact) mass is 412 g/mol. The van der Waals surface area contributed by atoms with Gasteiger partial charge in [0.2, 0.25) is 11.6 Å². The van der Waals surface area contributed by atoms with E-state index in [1.165, 1.54) is 4.57 Å². The van der Waals surface area contributed by atoms with Crippen LogP contribution in [0.4, 0.5) is 11.9 Å². The average Bonchev–Trinajstić information content (AvgIpc) is 3.18. The van der Waals surface area contributed by atoms with E-state index in [0.29, 0.717) is 29.1 Å². The maximum Gasteiger partial charge on any atom is 0.343 e. The Kier molecular flexibility index (Phi) is 5.66. The second-order valence-corrected chi connectivity index (χ2v) is 7.02. The molecule has 1 aromatic carbocycles. The Morgan fingerprint density at radius 3 is 2.71 bits per heavy atom. The van der Waals surface area contributed by atoms with E-state index in [1.807, 2.05) is 0 Å². The van der Waals surface area contributed by atoms with Gasteiger partial charge in [-0.15, -0.1) is 17.5 Å². The number of piperazine rings is 1. The highest BCUT2D eigenvalue weighted by Gasteiger charge is 2.25. The minimum Gasteiger partial charge on any atom is -0.396 e. The summed E-state index contributed by atoms with van der Waals surface area (Å²) < 4.78 is 3.09. The number of nitrogens with zero attached hydrogens (tertiary/aromatic N) is 7. The Morgan fingerprint density at radius 1 is 1.23 bits per heavy atom. The van der Waals surface area contributed by atoms with Crippen molar-refractivity contribution in [1.29, 1.82) is 5.26 Å². The number of imidazole rings is 1. The molecule has 1 saturated heterocycles. The molecule has 154 valence electrons.